The van der Waals surface area contributed by atoms with Crippen molar-refractivity contribution in [2.75, 3.05) is 18.4 Å². The number of amides is 2. The molecule has 29 heavy (non-hydrogen) atoms. The molecule has 1 aliphatic heterocycles. The number of Topliss-reactive ketones (excluding diaryl/α,β-unsaturated/α-hetero) is 1. The van der Waals surface area contributed by atoms with Gasteiger partial charge in [0.25, 0.3) is 5.91 Å². The van der Waals surface area contributed by atoms with Gasteiger partial charge in [0.1, 0.15) is 5.82 Å². The van der Waals surface area contributed by atoms with Crippen LogP contribution in [-0.4, -0.2) is 40.6 Å². The Kier molecular flexibility index (Phi) is 6.07. The van der Waals surface area contributed by atoms with Gasteiger partial charge in [-0.3, -0.25) is 14.4 Å². The van der Waals surface area contributed by atoms with E-state index in [2.05, 4.69) is 16.9 Å². The first kappa shape index (κ1) is 20.3. The molecule has 1 saturated heterocycles. The van der Waals surface area contributed by atoms with Crippen molar-refractivity contribution in [3.63, 3.8) is 0 Å². The van der Waals surface area contributed by atoms with Gasteiger partial charge in [-0.25, -0.2) is 4.98 Å². The van der Waals surface area contributed by atoms with Crippen LogP contribution in [-0.2, 0) is 4.79 Å². The number of benzene rings is 1. The molecule has 1 aromatic heterocycles. The minimum Gasteiger partial charge on any atom is -0.365 e. The molecule has 0 unspecified atom stereocenters. The van der Waals surface area contributed by atoms with Crippen LogP contribution in [0.1, 0.15) is 52.1 Å². The molecule has 1 aromatic carbocycles. The summed E-state index contributed by atoms with van der Waals surface area (Å²) in [5.74, 6) is -0.0764. The predicted octanol–water partition coefficient (Wildman–Crippen LogP) is 3.02. The van der Waals surface area contributed by atoms with E-state index in [4.69, 9.17) is 5.73 Å². The lowest BCUT2D eigenvalue weighted by Crippen LogP contribution is -2.37. The number of ketones is 1. The van der Waals surface area contributed by atoms with Gasteiger partial charge in [-0.15, -0.1) is 0 Å². The van der Waals surface area contributed by atoms with Gasteiger partial charge in [-0.2, -0.15) is 0 Å². The Morgan fingerprint density at radius 1 is 1.14 bits per heavy atom. The lowest BCUT2D eigenvalue weighted by atomic mass is 9.92. The molecule has 150 valence electrons. The molecule has 2 heterocycles. The highest BCUT2D eigenvalue weighted by atomic mass is 16.2. The number of carbonyl (C=O) groups is 3. The topological polar surface area (TPSA) is 105 Å². The van der Waals surface area contributed by atoms with Crippen LogP contribution in [0.15, 0.2) is 49.1 Å². The molecule has 0 bridgehead atoms. The van der Waals surface area contributed by atoms with E-state index in [0.717, 1.165) is 18.5 Å². The van der Waals surface area contributed by atoms with Gasteiger partial charge in [-0.05, 0) is 62.2 Å². The Labute approximate surface area is 169 Å². The first-order chi connectivity index (χ1) is 13.9. The number of hydrogen-bond donors (Lipinski definition) is 2. The highest BCUT2D eigenvalue weighted by Crippen LogP contribution is 2.29. The number of primary amides is 1. The second-order valence-corrected chi connectivity index (χ2v) is 7.06. The van der Waals surface area contributed by atoms with E-state index < -0.39 is 5.91 Å². The second kappa shape index (κ2) is 8.68. The molecule has 2 amide bonds. The number of nitrogens with one attached hydrogen (secondary N) is 1. The van der Waals surface area contributed by atoms with E-state index in [-0.39, 0.29) is 17.6 Å². The maximum atomic E-state index is 11.8. The van der Waals surface area contributed by atoms with Gasteiger partial charge >= 0.3 is 0 Å². The number of aromatic nitrogens is 1. The van der Waals surface area contributed by atoms with E-state index in [1.165, 1.54) is 13.0 Å². The largest absolute Gasteiger partial charge is 0.365 e. The lowest BCUT2D eigenvalue weighted by Gasteiger charge is -2.31. The van der Waals surface area contributed by atoms with E-state index in [0.29, 0.717) is 35.7 Å². The number of rotatable bonds is 6. The summed E-state index contributed by atoms with van der Waals surface area (Å²) in [6.07, 6.45) is 2.91. The van der Waals surface area contributed by atoms with Gasteiger partial charge in [0, 0.05) is 36.0 Å². The fraction of sp³-hybridized carbons (Fsp3) is 0.273. The fourth-order valence-corrected chi connectivity index (χ4v) is 3.45. The zero-order valence-corrected chi connectivity index (χ0v) is 16.4. The Morgan fingerprint density at radius 2 is 1.79 bits per heavy atom. The average molecular weight is 392 g/mol. The number of nitrogens with two attached hydrogens (primary N) is 1. The van der Waals surface area contributed by atoms with E-state index in [9.17, 15) is 14.4 Å². The molecular formula is C22H24N4O3. The van der Waals surface area contributed by atoms with Gasteiger partial charge in [-0.1, -0.05) is 6.58 Å². The first-order valence-corrected chi connectivity index (χ1v) is 9.49. The molecule has 7 nitrogen and oxygen atoms in total. The van der Waals surface area contributed by atoms with Crippen molar-refractivity contribution in [1.29, 1.82) is 0 Å². The van der Waals surface area contributed by atoms with Crippen LogP contribution < -0.4 is 11.1 Å². The van der Waals surface area contributed by atoms with Crippen LogP contribution in [0.4, 0.5) is 11.5 Å². The molecular weight excluding hydrogens is 368 g/mol. The first-order valence-electron chi connectivity index (χ1n) is 9.49. The second-order valence-electron chi connectivity index (χ2n) is 7.06. The van der Waals surface area contributed by atoms with Crippen molar-refractivity contribution in [2.24, 2.45) is 5.73 Å². The Balaban J connectivity index is 1.81. The van der Waals surface area contributed by atoms with Crippen LogP contribution in [0.25, 0.3) is 0 Å². The summed E-state index contributed by atoms with van der Waals surface area (Å²) in [5, 5.41) is 3.13. The van der Waals surface area contributed by atoms with Crippen molar-refractivity contribution in [1.82, 2.24) is 9.88 Å². The summed E-state index contributed by atoms with van der Waals surface area (Å²) >= 11 is 0. The van der Waals surface area contributed by atoms with Crippen molar-refractivity contribution in [3.05, 3.63) is 65.9 Å². The van der Waals surface area contributed by atoms with E-state index >= 15 is 0 Å². The quantitative estimate of drug-likeness (QED) is 0.581. The SMILES string of the molecule is C=CC(=O)N1CCC(c2ccc(C(N)=O)c(Nc3ccc(C(C)=O)cc3)n2)CC1. The molecule has 1 aliphatic rings. The third-order valence-electron chi connectivity index (χ3n) is 5.14. The highest BCUT2D eigenvalue weighted by molar-refractivity contribution is 5.98. The summed E-state index contributed by atoms with van der Waals surface area (Å²) < 4.78 is 0. The van der Waals surface area contributed by atoms with Crippen molar-refractivity contribution < 1.29 is 14.4 Å². The fourth-order valence-electron chi connectivity index (χ4n) is 3.45. The molecule has 0 radical (unpaired) electrons. The third-order valence-corrected chi connectivity index (χ3v) is 5.14. The smallest absolute Gasteiger partial charge is 0.252 e. The maximum Gasteiger partial charge on any atom is 0.252 e. The average Bonchev–Trinajstić information content (AvgIpc) is 2.73. The van der Waals surface area contributed by atoms with Crippen LogP contribution in [0.2, 0.25) is 0 Å². The molecule has 1 fully saturated rings. The van der Waals surface area contributed by atoms with Crippen molar-refractivity contribution >= 4 is 29.1 Å². The third kappa shape index (κ3) is 4.68. The summed E-state index contributed by atoms with van der Waals surface area (Å²) in [6, 6.07) is 10.4. The van der Waals surface area contributed by atoms with Crippen LogP contribution >= 0.6 is 0 Å². The molecule has 7 heteroatoms. The minimum absolute atomic E-state index is 0.0178. The number of likely N-dealkylation sites (tertiary alicyclic amines) is 1. The molecule has 0 aliphatic carbocycles. The monoisotopic (exact) mass is 392 g/mol. The van der Waals surface area contributed by atoms with E-state index in [1.54, 1.807) is 35.2 Å². The van der Waals surface area contributed by atoms with Crippen LogP contribution in [0.3, 0.4) is 0 Å². The zero-order valence-electron chi connectivity index (χ0n) is 16.4. The molecule has 2 aromatic rings. The van der Waals surface area contributed by atoms with Gasteiger partial charge in [0.15, 0.2) is 5.78 Å². The Hall–Kier alpha value is -3.48. The van der Waals surface area contributed by atoms with Crippen molar-refractivity contribution in [3.8, 4) is 0 Å². The summed E-state index contributed by atoms with van der Waals surface area (Å²) in [5.41, 5.74) is 7.96. The maximum absolute atomic E-state index is 11.8. The predicted molar refractivity (Wildman–Crippen MR) is 111 cm³/mol. The summed E-state index contributed by atoms with van der Waals surface area (Å²) in [4.78, 5) is 41.5. The molecule has 3 N–H and O–H groups in total. The normalized spacial score (nSPS) is 14.3. The highest BCUT2D eigenvalue weighted by Gasteiger charge is 2.24. The molecule has 0 atom stereocenters. The summed E-state index contributed by atoms with van der Waals surface area (Å²) in [6.45, 7) is 6.32. The number of carbonyl (C=O) groups excluding carboxylic acids is 3. The number of anilines is 2. The summed E-state index contributed by atoms with van der Waals surface area (Å²) in [7, 11) is 0. The molecule has 0 spiro atoms. The van der Waals surface area contributed by atoms with Crippen molar-refractivity contribution in [2.45, 2.75) is 25.7 Å². The number of piperidine rings is 1. The molecule has 0 saturated carbocycles. The number of nitrogens with zero attached hydrogens (tertiary/aromatic N) is 2. The minimum atomic E-state index is -0.571. The Bertz CT molecular complexity index is 945. The number of pyridine rings is 1. The standard InChI is InChI=1S/C22H24N4O3/c1-3-20(28)26-12-10-16(11-13-26)19-9-8-18(21(23)29)22(25-19)24-17-6-4-15(5-7-17)14(2)27/h3-9,16H,1,10-13H2,2H3,(H2,23,29)(H,24,25). The van der Waals surface area contributed by atoms with E-state index in [1.807, 2.05) is 6.07 Å². The number of hydrogen-bond acceptors (Lipinski definition) is 5. The van der Waals surface area contributed by atoms with Crippen LogP contribution in [0, 0.1) is 0 Å². The zero-order chi connectivity index (χ0) is 21.0. The Morgan fingerprint density at radius 3 is 2.34 bits per heavy atom. The molecule has 3 rings (SSSR count). The van der Waals surface area contributed by atoms with Gasteiger partial charge in [0.05, 0.1) is 5.56 Å². The van der Waals surface area contributed by atoms with Gasteiger partial charge in [0.2, 0.25) is 5.91 Å². The lowest BCUT2D eigenvalue weighted by molar-refractivity contribution is -0.127. The van der Waals surface area contributed by atoms with Gasteiger partial charge < -0.3 is 16.0 Å². The van der Waals surface area contributed by atoms with Crippen LogP contribution in [0.5, 0.6) is 0 Å².